The van der Waals surface area contributed by atoms with Gasteiger partial charge < -0.3 is 14.9 Å². The number of carbonyl (C=O) groups is 2. The van der Waals surface area contributed by atoms with Gasteiger partial charge in [0.05, 0.1) is 0 Å². The second-order valence-electron chi connectivity index (χ2n) is 2.43. The standard InChI is InChI=1S/C8H10O4.H2O/c1-2-3-8-11-6(9)4-5-7(10)12-8;/h4-5,8H,2-3H2,1H3;1H2. The van der Waals surface area contributed by atoms with Crippen molar-refractivity contribution in [3.05, 3.63) is 12.2 Å². The fourth-order valence-corrected chi connectivity index (χ4v) is 0.851. The van der Waals surface area contributed by atoms with Crippen LogP contribution in [-0.4, -0.2) is 23.7 Å². The number of cyclic esters (lactones) is 2. The van der Waals surface area contributed by atoms with E-state index in [2.05, 4.69) is 0 Å². The molecule has 74 valence electrons. The van der Waals surface area contributed by atoms with Crippen LogP contribution in [0.1, 0.15) is 19.8 Å². The zero-order valence-electron chi connectivity index (χ0n) is 7.28. The van der Waals surface area contributed by atoms with Crippen LogP contribution in [0.4, 0.5) is 0 Å². The molecule has 2 N–H and O–H groups in total. The lowest BCUT2D eigenvalue weighted by Crippen LogP contribution is -2.20. The van der Waals surface area contributed by atoms with Crippen molar-refractivity contribution in [2.24, 2.45) is 0 Å². The van der Waals surface area contributed by atoms with Crippen molar-refractivity contribution >= 4 is 11.9 Å². The van der Waals surface area contributed by atoms with Gasteiger partial charge in [-0.3, -0.25) is 0 Å². The van der Waals surface area contributed by atoms with Crippen LogP contribution in [0.15, 0.2) is 12.2 Å². The summed E-state index contributed by atoms with van der Waals surface area (Å²) in [4.78, 5) is 21.5. The van der Waals surface area contributed by atoms with Crippen molar-refractivity contribution in [1.29, 1.82) is 0 Å². The lowest BCUT2D eigenvalue weighted by Gasteiger charge is -2.13. The molecule has 13 heavy (non-hydrogen) atoms. The normalized spacial score (nSPS) is 17.0. The van der Waals surface area contributed by atoms with Crippen LogP contribution in [-0.2, 0) is 19.1 Å². The molecule has 1 aliphatic rings. The monoisotopic (exact) mass is 188 g/mol. The summed E-state index contributed by atoms with van der Waals surface area (Å²) in [6.07, 6.45) is 2.76. The quantitative estimate of drug-likeness (QED) is 0.568. The van der Waals surface area contributed by atoms with Gasteiger partial charge in [0.1, 0.15) is 0 Å². The molecule has 0 saturated heterocycles. The van der Waals surface area contributed by atoms with E-state index in [9.17, 15) is 9.59 Å². The first-order valence-corrected chi connectivity index (χ1v) is 3.81. The van der Waals surface area contributed by atoms with Gasteiger partial charge in [0.25, 0.3) is 0 Å². The first kappa shape index (κ1) is 11.6. The number of ether oxygens (including phenoxy) is 2. The third kappa shape index (κ3) is 3.71. The summed E-state index contributed by atoms with van der Waals surface area (Å²) in [5, 5.41) is 0. The summed E-state index contributed by atoms with van der Waals surface area (Å²) in [5.74, 6) is -1.06. The molecule has 0 amide bonds. The highest BCUT2D eigenvalue weighted by Gasteiger charge is 2.18. The van der Waals surface area contributed by atoms with Gasteiger partial charge in [0.2, 0.25) is 6.29 Å². The minimum Gasteiger partial charge on any atom is -0.422 e. The highest BCUT2D eigenvalue weighted by Crippen LogP contribution is 2.08. The Balaban J connectivity index is 0.00000144. The van der Waals surface area contributed by atoms with E-state index in [1.165, 1.54) is 0 Å². The van der Waals surface area contributed by atoms with Crippen molar-refractivity contribution < 1.29 is 24.5 Å². The van der Waals surface area contributed by atoms with Gasteiger partial charge in [0.15, 0.2) is 0 Å². The third-order valence-corrected chi connectivity index (χ3v) is 1.38. The van der Waals surface area contributed by atoms with Crippen LogP contribution >= 0.6 is 0 Å². The summed E-state index contributed by atoms with van der Waals surface area (Å²) >= 11 is 0. The van der Waals surface area contributed by atoms with Gasteiger partial charge in [0, 0.05) is 18.6 Å². The molecule has 1 aliphatic heterocycles. The Kier molecular flexibility index (Phi) is 4.76. The molecule has 0 aromatic rings. The van der Waals surface area contributed by atoms with Crippen molar-refractivity contribution in [1.82, 2.24) is 0 Å². The molecule has 0 unspecified atom stereocenters. The first-order chi connectivity index (χ1) is 5.72. The second-order valence-corrected chi connectivity index (χ2v) is 2.43. The van der Waals surface area contributed by atoms with Crippen molar-refractivity contribution in [3.8, 4) is 0 Å². The molecule has 0 spiro atoms. The average molecular weight is 188 g/mol. The Bertz CT molecular complexity index is 201. The molecule has 0 radical (unpaired) electrons. The Morgan fingerprint density at radius 3 is 2.08 bits per heavy atom. The second kappa shape index (κ2) is 5.31. The minimum atomic E-state index is -0.718. The summed E-state index contributed by atoms with van der Waals surface area (Å²) in [6.45, 7) is 1.92. The predicted molar refractivity (Wildman–Crippen MR) is 43.6 cm³/mol. The molecular weight excluding hydrogens is 176 g/mol. The molecule has 0 fully saturated rings. The Hall–Kier alpha value is -1.36. The molecule has 0 bridgehead atoms. The lowest BCUT2D eigenvalue weighted by atomic mass is 10.3. The highest BCUT2D eigenvalue weighted by molar-refractivity contribution is 5.92. The van der Waals surface area contributed by atoms with Crippen LogP contribution in [0.5, 0.6) is 0 Å². The van der Waals surface area contributed by atoms with E-state index in [0.29, 0.717) is 6.42 Å². The SMILES string of the molecule is CCCC1OC(=O)C=CC(=O)O1.O. The fourth-order valence-electron chi connectivity index (χ4n) is 0.851. The van der Waals surface area contributed by atoms with Crippen LogP contribution in [0.2, 0.25) is 0 Å². The molecular formula is C8H12O5. The molecule has 0 atom stereocenters. The average Bonchev–Trinajstić information content (AvgIpc) is 2.14. The topological polar surface area (TPSA) is 84.1 Å². The van der Waals surface area contributed by atoms with Crippen LogP contribution in [0.3, 0.4) is 0 Å². The van der Waals surface area contributed by atoms with E-state index >= 15 is 0 Å². The first-order valence-electron chi connectivity index (χ1n) is 3.81. The molecule has 5 nitrogen and oxygen atoms in total. The Morgan fingerprint density at radius 1 is 1.23 bits per heavy atom. The predicted octanol–water partition coefficient (Wildman–Crippen LogP) is -0.0559. The maximum atomic E-state index is 10.8. The molecule has 5 heteroatoms. The fraction of sp³-hybridized carbons (Fsp3) is 0.500. The zero-order chi connectivity index (χ0) is 8.97. The largest absolute Gasteiger partial charge is 0.422 e. The number of hydrogen-bond acceptors (Lipinski definition) is 4. The lowest BCUT2D eigenvalue weighted by molar-refractivity contribution is -0.179. The molecule has 1 rings (SSSR count). The van der Waals surface area contributed by atoms with Crippen LogP contribution < -0.4 is 0 Å². The Labute approximate surface area is 75.6 Å². The van der Waals surface area contributed by atoms with Crippen molar-refractivity contribution in [2.75, 3.05) is 0 Å². The van der Waals surface area contributed by atoms with Crippen LogP contribution in [0, 0.1) is 0 Å². The van der Waals surface area contributed by atoms with E-state index < -0.39 is 18.2 Å². The van der Waals surface area contributed by atoms with Gasteiger partial charge >= 0.3 is 11.9 Å². The summed E-state index contributed by atoms with van der Waals surface area (Å²) in [7, 11) is 0. The van der Waals surface area contributed by atoms with Gasteiger partial charge in [-0.15, -0.1) is 0 Å². The van der Waals surface area contributed by atoms with Crippen LogP contribution in [0.25, 0.3) is 0 Å². The maximum absolute atomic E-state index is 10.8. The smallest absolute Gasteiger partial charge is 0.334 e. The number of carbonyl (C=O) groups excluding carboxylic acids is 2. The zero-order valence-corrected chi connectivity index (χ0v) is 7.28. The van der Waals surface area contributed by atoms with Gasteiger partial charge in [-0.25, -0.2) is 9.59 Å². The summed E-state index contributed by atoms with van der Waals surface area (Å²) in [5.41, 5.74) is 0. The molecule has 0 saturated carbocycles. The van der Waals surface area contributed by atoms with E-state index in [0.717, 1.165) is 18.6 Å². The van der Waals surface area contributed by atoms with E-state index in [-0.39, 0.29) is 5.48 Å². The maximum Gasteiger partial charge on any atom is 0.334 e. The van der Waals surface area contributed by atoms with E-state index in [1.807, 2.05) is 6.92 Å². The van der Waals surface area contributed by atoms with Crippen molar-refractivity contribution in [2.45, 2.75) is 26.1 Å². The molecule has 0 aliphatic carbocycles. The number of hydrogen-bond donors (Lipinski definition) is 0. The molecule has 0 aromatic heterocycles. The van der Waals surface area contributed by atoms with E-state index in [1.54, 1.807) is 0 Å². The van der Waals surface area contributed by atoms with Gasteiger partial charge in [-0.1, -0.05) is 6.92 Å². The third-order valence-electron chi connectivity index (χ3n) is 1.38. The summed E-state index contributed by atoms with van der Waals surface area (Å²) < 4.78 is 9.51. The molecule has 1 heterocycles. The number of rotatable bonds is 2. The van der Waals surface area contributed by atoms with Gasteiger partial charge in [-0.2, -0.15) is 0 Å². The van der Waals surface area contributed by atoms with Gasteiger partial charge in [-0.05, 0) is 6.42 Å². The summed E-state index contributed by atoms with van der Waals surface area (Å²) in [6, 6.07) is 0. The highest BCUT2D eigenvalue weighted by atomic mass is 16.7. The van der Waals surface area contributed by atoms with Crippen molar-refractivity contribution in [3.63, 3.8) is 0 Å². The molecule has 0 aromatic carbocycles. The minimum absolute atomic E-state index is 0. The Morgan fingerprint density at radius 2 is 1.69 bits per heavy atom. The number of esters is 2. The van der Waals surface area contributed by atoms with E-state index in [4.69, 9.17) is 9.47 Å².